The van der Waals surface area contributed by atoms with Crippen molar-refractivity contribution in [1.29, 1.82) is 0 Å². The molecule has 0 bridgehead atoms. The number of benzene rings is 2. The van der Waals surface area contributed by atoms with Crippen LogP contribution in [0.25, 0.3) is 17.0 Å². The number of fused-ring (bicyclic) bond motifs is 1. The summed E-state index contributed by atoms with van der Waals surface area (Å²) in [4.78, 5) is 17.5. The molecule has 0 aliphatic rings. The third kappa shape index (κ3) is 4.99. The number of hydrogen-bond acceptors (Lipinski definition) is 3. The topological polar surface area (TPSA) is 57.4 Å². The second-order valence-electron chi connectivity index (χ2n) is 6.76. The second kappa shape index (κ2) is 8.56. The van der Waals surface area contributed by atoms with Gasteiger partial charge in [0.05, 0.1) is 7.11 Å². The van der Waals surface area contributed by atoms with Crippen LogP contribution in [-0.2, 0) is 17.9 Å². The van der Waals surface area contributed by atoms with Gasteiger partial charge in [0.15, 0.2) is 0 Å². The Kier molecular flexibility index (Phi) is 5.94. The van der Waals surface area contributed by atoms with Crippen LogP contribution in [0, 0.1) is 0 Å². The van der Waals surface area contributed by atoms with Crippen LogP contribution in [0.3, 0.4) is 0 Å². The SMILES string of the molecule is COc1ccc(CNC(=O)/C=C/c2ccc3[nH]cc(CN(C)C)c3c2)cc1. The number of rotatable bonds is 7. The van der Waals surface area contributed by atoms with Gasteiger partial charge in [-0.2, -0.15) is 0 Å². The lowest BCUT2D eigenvalue weighted by Crippen LogP contribution is -2.20. The molecule has 0 atom stereocenters. The molecule has 0 aliphatic carbocycles. The van der Waals surface area contributed by atoms with Gasteiger partial charge in [0, 0.05) is 36.3 Å². The van der Waals surface area contributed by atoms with Gasteiger partial charge in [-0.15, -0.1) is 0 Å². The molecule has 0 fully saturated rings. The van der Waals surface area contributed by atoms with Crippen LogP contribution < -0.4 is 10.1 Å². The molecular formula is C22H25N3O2. The number of amides is 1. The quantitative estimate of drug-likeness (QED) is 0.631. The first kappa shape index (κ1) is 18.7. The Bertz CT molecular complexity index is 940. The first-order valence-corrected chi connectivity index (χ1v) is 8.89. The summed E-state index contributed by atoms with van der Waals surface area (Å²) in [5.74, 6) is 0.687. The molecular weight excluding hydrogens is 338 g/mol. The molecule has 3 aromatic rings. The third-order valence-electron chi connectivity index (χ3n) is 4.33. The van der Waals surface area contributed by atoms with E-state index in [9.17, 15) is 4.79 Å². The molecule has 5 nitrogen and oxygen atoms in total. The van der Waals surface area contributed by atoms with Crippen molar-refractivity contribution in [2.24, 2.45) is 0 Å². The summed E-state index contributed by atoms with van der Waals surface area (Å²) in [6.45, 7) is 1.35. The van der Waals surface area contributed by atoms with Crippen LogP contribution in [0.1, 0.15) is 16.7 Å². The summed E-state index contributed by atoms with van der Waals surface area (Å²) in [5, 5.41) is 4.08. The Labute approximate surface area is 159 Å². The number of nitrogens with one attached hydrogen (secondary N) is 2. The van der Waals surface area contributed by atoms with E-state index >= 15 is 0 Å². The fourth-order valence-corrected chi connectivity index (χ4v) is 2.93. The standard InChI is InChI=1S/C22H25N3O2/c1-25(2)15-18-14-23-21-10-6-16(12-20(18)21)7-11-22(26)24-13-17-4-8-19(27-3)9-5-17/h4-12,14,23H,13,15H2,1-3H3,(H,24,26)/b11-7+. The average molecular weight is 363 g/mol. The van der Waals surface area contributed by atoms with E-state index in [2.05, 4.69) is 35.4 Å². The highest BCUT2D eigenvalue weighted by atomic mass is 16.5. The Hall–Kier alpha value is -3.05. The second-order valence-corrected chi connectivity index (χ2v) is 6.76. The lowest BCUT2D eigenvalue weighted by Gasteiger charge is -2.08. The number of carbonyl (C=O) groups is 1. The number of aromatic amines is 1. The third-order valence-corrected chi connectivity index (χ3v) is 4.33. The zero-order valence-corrected chi connectivity index (χ0v) is 16.0. The largest absolute Gasteiger partial charge is 0.497 e. The number of aromatic nitrogens is 1. The Morgan fingerprint density at radius 3 is 2.67 bits per heavy atom. The molecule has 0 saturated heterocycles. The average Bonchev–Trinajstić information content (AvgIpc) is 3.06. The highest BCUT2D eigenvalue weighted by Crippen LogP contribution is 2.21. The van der Waals surface area contributed by atoms with E-state index in [0.29, 0.717) is 6.54 Å². The summed E-state index contributed by atoms with van der Waals surface area (Å²) >= 11 is 0. The van der Waals surface area contributed by atoms with Gasteiger partial charge in [-0.1, -0.05) is 18.2 Å². The minimum absolute atomic E-state index is 0.117. The predicted molar refractivity (Wildman–Crippen MR) is 110 cm³/mol. The van der Waals surface area contributed by atoms with Gasteiger partial charge >= 0.3 is 0 Å². The van der Waals surface area contributed by atoms with Gasteiger partial charge in [0.25, 0.3) is 0 Å². The number of H-pyrrole nitrogens is 1. The molecule has 0 aliphatic heterocycles. The summed E-state index contributed by atoms with van der Waals surface area (Å²) in [7, 11) is 5.74. The Balaban J connectivity index is 1.63. The molecule has 0 spiro atoms. The number of ether oxygens (including phenoxy) is 1. The number of carbonyl (C=O) groups excluding carboxylic acids is 1. The van der Waals surface area contributed by atoms with Crippen molar-refractivity contribution in [3.63, 3.8) is 0 Å². The summed E-state index contributed by atoms with van der Waals surface area (Å²) in [6, 6.07) is 13.8. The van der Waals surface area contributed by atoms with Gasteiger partial charge in [-0.05, 0) is 61.1 Å². The van der Waals surface area contributed by atoms with Crippen LogP contribution in [0.15, 0.2) is 54.7 Å². The maximum atomic E-state index is 12.1. The number of hydrogen-bond donors (Lipinski definition) is 2. The molecule has 1 amide bonds. The van der Waals surface area contributed by atoms with Gasteiger partial charge < -0.3 is 19.9 Å². The maximum Gasteiger partial charge on any atom is 0.244 e. The van der Waals surface area contributed by atoms with Gasteiger partial charge in [-0.3, -0.25) is 4.79 Å². The first-order chi connectivity index (χ1) is 13.0. The van der Waals surface area contributed by atoms with Crippen LogP contribution in [-0.4, -0.2) is 37.0 Å². The minimum Gasteiger partial charge on any atom is -0.497 e. The molecule has 1 heterocycles. The molecule has 1 aromatic heterocycles. The van der Waals surface area contributed by atoms with Crippen LogP contribution >= 0.6 is 0 Å². The Morgan fingerprint density at radius 2 is 1.96 bits per heavy atom. The van der Waals surface area contributed by atoms with Crippen LogP contribution in [0.2, 0.25) is 0 Å². The smallest absolute Gasteiger partial charge is 0.244 e. The van der Waals surface area contributed by atoms with Crippen molar-refractivity contribution in [1.82, 2.24) is 15.2 Å². The molecule has 3 rings (SSSR count). The summed E-state index contributed by atoms with van der Waals surface area (Å²) in [6.07, 6.45) is 5.46. The Morgan fingerprint density at radius 1 is 1.19 bits per heavy atom. The fourth-order valence-electron chi connectivity index (χ4n) is 2.93. The van der Waals surface area contributed by atoms with Crippen molar-refractivity contribution >= 4 is 22.9 Å². The van der Waals surface area contributed by atoms with Gasteiger partial charge in [0.2, 0.25) is 5.91 Å². The van der Waals surface area contributed by atoms with E-state index in [-0.39, 0.29) is 5.91 Å². The minimum atomic E-state index is -0.117. The van der Waals surface area contributed by atoms with Crippen molar-refractivity contribution in [3.05, 3.63) is 71.4 Å². The normalized spacial score (nSPS) is 11.4. The van der Waals surface area contributed by atoms with E-state index in [1.165, 1.54) is 10.9 Å². The number of methoxy groups -OCH3 is 1. The van der Waals surface area contributed by atoms with Crippen molar-refractivity contribution in [2.75, 3.05) is 21.2 Å². The molecule has 2 aromatic carbocycles. The maximum absolute atomic E-state index is 12.1. The fraction of sp³-hybridized carbons (Fsp3) is 0.227. The monoisotopic (exact) mass is 363 g/mol. The van der Waals surface area contributed by atoms with Gasteiger partial charge in [0.1, 0.15) is 5.75 Å². The molecule has 140 valence electrons. The molecule has 0 radical (unpaired) electrons. The lowest BCUT2D eigenvalue weighted by molar-refractivity contribution is -0.116. The van der Waals surface area contributed by atoms with Crippen molar-refractivity contribution in [2.45, 2.75) is 13.1 Å². The van der Waals surface area contributed by atoms with E-state index in [4.69, 9.17) is 4.74 Å². The van der Waals surface area contributed by atoms with Crippen molar-refractivity contribution < 1.29 is 9.53 Å². The van der Waals surface area contributed by atoms with Gasteiger partial charge in [-0.25, -0.2) is 0 Å². The van der Waals surface area contributed by atoms with E-state index < -0.39 is 0 Å². The zero-order valence-electron chi connectivity index (χ0n) is 16.0. The molecule has 0 saturated carbocycles. The van der Waals surface area contributed by atoms with Crippen LogP contribution in [0.4, 0.5) is 0 Å². The highest BCUT2D eigenvalue weighted by Gasteiger charge is 2.05. The molecule has 2 N–H and O–H groups in total. The van der Waals surface area contributed by atoms with E-state index in [1.54, 1.807) is 13.2 Å². The zero-order chi connectivity index (χ0) is 19.2. The van der Waals surface area contributed by atoms with Crippen LogP contribution in [0.5, 0.6) is 5.75 Å². The highest BCUT2D eigenvalue weighted by molar-refractivity contribution is 5.93. The summed E-state index contributed by atoms with van der Waals surface area (Å²) in [5.41, 5.74) is 4.38. The van der Waals surface area contributed by atoms with Crippen molar-refractivity contribution in [3.8, 4) is 5.75 Å². The van der Waals surface area contributed by atoms with E-state index in [1.807, 2.05) is 48.7 Å². The first-order valence-electron chi connectivity index (χ1n) is 8.89. The summed E-state index contributed by atoms with van der Waals surface area (Å²) < 4.78 is 5.13. The number of nitrogens with zero attached hydrogens (tertiary/aromatic N) is 1. The predicted octanol–water partition coefficient (Wildman–Crippen LogP) is 3.57. The molecule has 27 heavy (non-hydrogen) atoms. The lowest BCUT2D eigenvalue weighted by atomic mass is 10.1. The van der Waals surface area contributed by atoms with E-state index in [0.717, 1.165) is 28.9 Å². The molecule has 5 heteroatoms. The molecule has 0 unspecified atom stereocenters.